The van der Waals surface area contributed by atoms with Crippen molar-refractivity contribution in [3.63, 3.8) is 0 Å². The zero-order valence-electron chi connectivity index (χ0n) is 11.6. The summed E-state index contributed by atoms with van der Waals surface area (Å²) in [5.41, 5.74) is 6.42. The molecule has 3 rings (SSSR count). The molecule has 19 heavy (non-hydrogen) atoms. The number of hydrogen-bond donors (Lipinski definition) is 1. The summed E-state index contributed by atoms with van der Waals surface area (Å²) in [6, 6.07) is 1.20. The van der Waals surface area contributed by atoms with Crippen LogP contribution in [0.5, 0.6) is 0 Å². The second-order valence-electron chi connectivity index (χ2n) is 5.72. The molecule has 5 heteroatoms. The number of nitrogens with two attached hydrogens (primary N) is 1. The van der Waals surface area contributed by atoms with Crippen LogP contribution in [0, 0.1) is 0 Å². The fraction of sp³-hybridized carbons (Fsp3) is 0.714. The SMILES string of the molecule is CC1CN2CCCCC2CN1c1cnc(CN)cn1. The minimum absolute atomic E-state index is 0.458. The summed E-state index contributed by atoms with van der Waals surface area (Å²) in [4.78, 5) is 13.9. The van der Waals surface area contributed by atoms with Gasteiger partial charge in [0.05, 0.1) is 18.1 Å². The average Bonchev–Trinajstić information content (AvgIpc) is 2.47. The van der Waals surface area contributed by atoms with Crippen molar-refractivity contribution in [2.45, 2.75) is 44.8 Å². The molecule has 0 aromatic carbocycles. The smallest absolute Gasteiger partial charge is 0.147 e. The summed E-state index contributed by atoms with van der Waals surface area (Å²) in [5.74, 6) is 0.995. The third kappa shape index (κ3) is 2.58. The monoisotopic (exact) mass is 261 g/mol. The molecule has 0 bridgehead atoms. The minimum Gasteiger partial charge on any atom is -0.350 e. The van der Waals surface area contributed by atoms with E-state index in [0.717, 1.165) is 24.6 Å². The van der Waals surface area contributed by atoms with Gasteiger partial charge in [-0.2, -0.15) is 0 Å². The van der Waals surface area contributed by atoms with E-state index in [-0.39, 0.29) is 0 Å². The molecular weight excluding hydrogens is 238 g/mol. The third-order valence-corrected chi connectivity index (χ3v) is 4.38. The lowest BCUT2D eigenvalue weighted by atomic mass is 9.97. The van der Waals surface area contributed by atoms with Gasteiger partial charge in [-0.3, -0.25) is 9.88 Å². The van der Waals surface area contributed by atoms with Crippen molar-refractivity contribution in [2.75, 3.05) is 24.5 Å². The molecule has 2 atom stereocenters. The van der Waals surface area contributed by atoms with E-state index < -0.39 is 0 Å². The molecule has 2 saturated heterocycles. The highest BCUT2D eigenvalue weighted by Gasteiger charge is 2.33. The Labute approximate surface area is 114 Å². The topological polar surface area (TPSA) is 58.3 Å². The number of piperazine rings is 1. The van der Waals surface area contributed by atoms with E-state index in [4.69, 9.17) is 5.73 Å². The highest BCUT2D eigenvalue weighted by Crippen LogP contribution is 2.26. The van der Waals surface area contributed by atoms with Crippen LogP contribution in [-0.2, 0) is 6.54 Å². The van der Waals surface area contributed by atoms with Crippen molar-refractivity contribution in [1.82, 2.24) is 14.9 Å². The zero-order chi connectivity index (χ0) is 13.2. The highest BCUT2D eigenvalue weighted by atomic mass is 15.3. The molecule has 1 aromatic heterocycles. The molecule has 2 fully saturated rings. The van der Waals surface area contributed by atoms with Crippen LogP contribution in [0.4, 0.5) is 5.82 Å². The van der Waals surface area contributed by atoms with Gasteiger partial charge in [-0.25, -0.2) is 4.98 Å². The molecule has 0 aliphatic carbocycles. The number of anilines is 1. The molecule has 104 valence electrons. The van der Waals surface area contributed by atoms with Crippen LogP contribution in [0.15, 0.2) is 12.4 Å². The number of piperidine rings is 1. The van der Waals surface area contributed by atoms with Gasteiger partial charge in [-0.1, -0.05) is 6.42 Å². The number of rotatable bonds is 2. The molecule has 2 unspecified atom stereocenters. The standard InChI is InChI=1S/C14H23N5/c1-11-9-18-5-3-2-4-13(18)10-19(11)14-8-16-12(6-15)7-17-14/h7-8,11,13H,2-6,9-10,15H2,1H3. The maximum atomic E-state index is 5.57. The number of nitrogens with zero attached hydrogens (tertiary/aromatic N) is 4. The second-order valence-corrected chi connectivity index (χ2v) is 5.72. The molecule has 2 aliphatic heterocycles. The molecule has 0 radical (unpaired) electrons. The Bertz CT molecular complexity index is 418. The average molecular weight is 261 g/mol. The van der Waals surface area contributed by atoms with Gasteiger partial charge in [0.1, 0.15) is 5.82 Å². The fourth-order valence-corrected chi connectivity index (χ4v) is 3.27. The first-order chi connectivity index (χ1) is 9.28. The van der Waals surface area contributed by atoms with Crippen molar-refractivity contribution < 1.29 is 0 Å². The number of aromatic nitrogens is 2. The van der Waals surface area contributed by atoms with Gasteiger partial charge in [-0.15, -0.1) is 0 Å². The summed E-state index contributed by atoms with van der Waals surface area (Å²) >= 11 is 0. The zero-order valence-corrected chi connectivity index (χ0v) is 11.6. The van der Waals surface area contributed by atoms with Gasteiger partial charge in [-0.05, 0) is 26.3 Å². The van der Waals surface area contributed by atoms with Crippen molar-refractivity contribution in [2.24, 2.45) is 5.73 Å². The van der Waals surface area contributed by atoms with Gasteiger partial charge in [0.15, 0.2) is 0 Å². The first kappa shape index (κ1) is 12.8. The third-order valence-electron chi connectivity index (χ3n) is 4.38. The largest absolute Gasteiger partial charge is 0.350 e. The molecule has 2 N–H and O–H groups in total. The van der Waals surface area contributed by atoms with E-state index in [1.54, 1.807) is 6.20 Å². The van der Waals surface area contributed by atoms with Crippen molar-refractivity contribution in [3.8, 4) is 0 Å². The van der Waals surface area contributed by atoms with E-state index >= 15 is 0 Å². The molecule has 5 nitrogen and oxygen atoms in total. The number of fused-ring (bicyclic) bond motifs is 1. The van der Waals surface area contributed by atoms with Crippen LogP contribution in [0.3, 0.4) is 0 Å². The predicted octanol–water partition coefficient (Wildman–Crippen LogP) is 0.998. The van der Waals surface area contributed by atoms with E-state index in [0.29, 0.717) is 18.6 Å². The summed E-state index contributed by atoms with van der Waals surface area (Å²) < 4.78 is 0. The van der Waals surface area contributed by atoms with Crippen LogP contribution in [0.25, 0.3) is 0 Å². The maximum Gasteiger partial charge on any atom is 0.147 e. The lowest BCUT2D eigenvalue weighted by Gasteiger charge is -2.47. The number of hydrogen-bond acceptors (Lipinski definition) is 5. The van der Waals surface area contributed by atoms with Gasteiger partial charge in [0.25, 0.3) is 0 Å². The Morgan fingerprint density at radius 3 is 2.89 bits per heavy atom. The van der Waals surface area contributed by atoms with Crippen LogP contribution in [-0.4, -0.2) is 46.6 Å². The lowest BCUT2D eigenvalue weighted by molar-refractivity contribution is 0.115. The second kappa shape index (κ2) is 5.43. The quantitative estimate of drug-likeness (QED) is 0.860. The Kier molecular flexibility index (Phi) is 3.66. The first-order valence-corrected chi connectivity index (χ1v) is 7.29. The molecule has 0 amide bonds. The van der Waals surface area contributed by atoms with Gasteiger partial charge < -0.3 is 10.6 Å². The van der Waals surface area contributed by atoms with Gasteiger partial charge >= 0.3 is 0 Å². The van der Waals surface area contributed by atoms with Crippen LogP contribution in [0.1, 0.15) is 31.9 Å². The molecular formula is C14H23N5. The predicted molar refractivity (Wildman–Crippen MR) is 75.9 cm³/mol. The van der Waals surface area contributed by atoms with E-state index in [1.165, 1.54) is 25.8 Å². The molecule has 2 aliphatic rings. The summed E-state index contributed by atoms with van der Waals surface area (Å²) in [5, 5.41) is 0. The summed E-state index contributed by atoms with van der Waals surface area (Å²) in [7, 11) is 0. The Balaban J connectivity index is 1.75. The van der Waals surface area contributed by atoms with E-state index in [2.05, 4.69) is 26.7 Å². The maximum absolute atomic E-state index is 5.57. The normalized spacial score (nSPS) is 28.2. The van der Waals surface area contributed by atoms with Crippen molar-refractivity contribution in [3.05, 3.63) is 18.1 Å². The fourth-order valence-electron chi connectivity index (χ4n) is 3.27. The van der Waals surface area contributed by atoms with Crippen LogP contribution >= 0.6 is 0 Å². The van der Waals surface area contributed by atoms with Crippen molar-refractivity contribution >= 4 is 5.82 Å². The van der Waals surface area contributed by atoms with Gasteiger partial charge in [0, 0.05) is 31.7 Å². The summed E-state index contributed by atoms with van der Waals surface area (Å²) in [6.45, 7) is 6.23. The minimum atomic E-state index is 0.458. The molecule has 0 spiro atoms. The van der Waals surface area contributed by atoms with E-state index in [9.17, 15) is 0 Å². The Hall–Kier alpha value is -1.20. The molecule has 1 aromatic rings. The highest BCUT2D eigenvalue weighted by molar-refractivity contribution is 5.38. The Morgan fingerprint density at radius 2 is 2.16 bits per heavy atom. The van der Waals surface area contributed by atoms with E-state index in [1.807, 2.05) is 6.20 Å². The molecule has 3 heterocycles. The lowest BCUT2D eigenvalue weighted by Crippen LogP contribution is -2.59. The Morgan fingerprint density at radius 1 is 1.26 bits per heavy atom. The first-order valence-electron chi connectivity index (χ1n) is 7.29. The van der Waals surface area contributed by atoms with Gasteiger partial charge in [0.2, 0.25) is 0 Å². The van der Waals surface area contributed by atoms with Crippen LogP contribution < -0.4 is 10.6 Å². The van der Waals surface area contributed by atoms with Crippen molar-refractivity contribution in [1.29, 1.82) is 0 Å². The van der Waals surface area contributed by atoms with Crippen LogP contribution in [0.2, 0.25) is 0 Å². The summed E-state index contributed by atoms with van der Waals surface area (Å²) in [6.07, 6.45) is 7.71. The molecule has 0 saturated carbocycles.